The SMILES string of the molecule is CC(=O)C(S)C(CO)NCc1ccccc1. The highest BCUT2D eigenvalue weighted by atomic mass is 32.1. The average Bonchev–Trinajstić information content (AvgIpc) is 2.30. The molecule has 0 aliphatic rings. The fourth-order valence-corrected chi connectivity index (χ4v) is 1.60. The van der Waals surface area contributed by atoms with Crippen molar-refractivity contribution in [3.63, 3.8) is 0 Å². The van der Waals surface area contributed by atoms with Crippen molar-refractivity contribution in [1.82, 2.24) is 5.32 Å². The fraction of sp³-hybridized carbons (Fsp3) is 0.417. The Balaban J connectivity index is 2.49. The summed E-state index contributed by atoms with van der Waals surface area (Å²) in [4.78, 5) is 11.1. The zero-order valence-corrected chi connectivity index (χ0v) is 10.2. The Hall–Kier alpha value is -0.840. The van der Waals surface area contributed by atoms with Gasteiger partial charge in [-0.3, -0.25) is 4.79 Å². The van der Waals surface area contributed by atoms with E-state index in [1.165, 1.54) is 6.92 Å². The van der Waals surface area contributed by atoms with Gasteiger partial charge in [0.25, 0.3) is 0 Å². The Morgan fingerprint density at radius 2 is 2.06 bits per heavy atom. The minimum atomic E-state index is -0.464. The minimum Gasteiger partial charge on any atom is -0.395 e. The van der Waals surface area contributed by atoms with Crippen molar-refractivity contribution >= 4 is 18.4 Å². The molecule has 1 rings (SSSR count). The van der Waals surface area contributed by atoms with E-state index >= 15 is 0 Å². The number of rotatable bonds is 6. The van der Waals surface area contributed by atoms with E-state index in [1.54, 1.807) is 0 Å². The third-order valence-corrected chi connectivity index (χ3v) is 3.13. The van der Waals surface area contributed by atoms with Crippen LogP contribution in [0.3, 0.4) is 0 Å². The van der Waals surface area contributed by atoms with Crippen LogP contribution >= 0.6 is 12.6 Å². The highest BCUT2D eigenvalue weighted by molar-refractivity contribution is 7.81. The lowest BCUT2D eigenvalue weighted by atomic mass is 10.1. The standard InChI is InChI=1S/C12H17NO2S/c1-9(15)12(16)11(8-14)13-7-10-5-3-2-4-6-10/h2-6,11-14,16H,7-8H2,1H3. The zero-order chi connectivity index (χ0) is 12.0. The molecule has 0 spiro atoms. The minimum absolute atomic E-state index is 0.0389. The van der Waals surface area contributed by atoms with Crippen molar-refractivity contribution in [2.24, 2.45) is 0 Å². The second-order valence-corrected chi connectivity index (χ2v) is 4.27. The summed E-state index contributed by atoms with van der Waals surface area (Å²) in [6.45, 7) is 2.00. The largest absolute Gasteiger partial charge is 0.395 e. The lowest BCUT2D eigenvalue weighted by molar-refractivity contribution is -0.117. The Morgan fingerprint density at radius 3 is 2.56 bits per heavy atom. The topological polar surface area (TPSA) is 49.3 Å². The van der Waals surface area contributed by atoms with Gasteiger partial charge in [-0.25, -0.2) is 0 Å². The molecule has 0 fully saturated rings. The number of aliphatic hydroxyl groups is 1. The first-order chi connectivity index (χ1) is 7.65. The Kier molecular flexibility index (Phi) is 5.52. The summed E-state index contributed by atoms with van der Waals surface area (Å²) in [5.74, 6) is -0.0389. The molecule has 1 aromatic rings. The molecule has 88 valence electrons. The molecule has 16 heavy (non-hydrogen) atoms. The molecule has 0 saturated carbocycles. The van der Waals surface area contributed by atoms with E-state index in [0.29, 0.717) is 6.54 Å². The van der Waals surface area contributed by atoms with Crippen LogP contribution in [-0.4, -0.2) is 28.8 Å². The third kappa shape index (κ3) is 3.96. The predicted octanol–water partition coefficient (Wildman–Crippen LogP) is 1.02. The summed E-state index contributed by atoms with van der Waals surface area (Å²) >= 11 is 4.17. The van der Waals surface area contributed by atoms with Gasteiger partial charge in [-0.2, -0.15) is 12.6 Å². The number of nitrogens with one attached hydrogen (secondary N) is 1. The predicted molar refractivity (Wildman–Crippen MR) is 67.6 cm³/mol. The molecule has 3 nitrogen and oxygen atoms in total. The summed E-state index contributed by atoms with van der Waals surface area (Å²) in [7, 11) is 0. The maximum atomic E-state index is 11.1. The van der Waals surface area contributed by atoms with Crippen molar-refractivity contribution in [3.8, 4) is 0 Å². The van der Waals surface area contributed by atoms with Gasteiger partial charge in [0, 0.05) is 12.6 Å². The van der Waals surface area contributed by atoms with Crippen LogP contribution in [0.2, 0.25) is 0 Å². The fourth-order valence-electron chi connectivity index (χ4n) is 1.40. The molecule has 0 bridgehead atoms. The van der Waals surface area contributed by atoms with Gasteiger partial charge in [0.1, 0.15) is 5.78 Å². The van der Waals surface area contributed by atoms with Gasteiger partial charge in [-0.1, -0.05) is 30.3 Å². The van der Waals surface area contributed by atoms with Crippen molar-refractivity contribution in [3.05, 3.63) is 35.9 Å². The van der Waals surface area contributed by atoms with E-state index in [4.69, 9.17) is 5.11 Å². The molecule has 2 atom stereocenters. The number of benzene rings is 1. The number of hydrogen-bond donors (Lipinski definition) is 3. The van der Waals surface area contributed by atoms with Crippen LogP contribution in [0.1, 0.15) is 12.5 Å². The molecule has 2 unspecified atom stereocenters. The Bertz CT molecular complexity index is 329. The normalized spacial score (nSPS) is 14.4. The molecule has 0 aromatic heterocycles. The smallest absolute Gasteiger partial charge is 0.144 e. The van der Waals surface area contributed by atoms with Crippen LogP contribution in [0.25, 0.3) is 0 Å². The van der Waals surface area contributed by atoms with Crippen LogP contribution < -0.4 is 5.32 Å². The van der Waals surface area contributed by atoms with Gasteiger partial charge in [-0.05, 0) is 12.5 Å². The van der Waals surface area contributed by atoms with Gasteiger partial charge in [0.05, 0.1) is 11.9 Å². The van der Waals surface area contributed by atoms with Crippen LogP contribution in [-0.2, 0) is 11.3 Å². The van der Waals surface area contributed by atoms with Gasteiger partial charge in [0.2, 0.25) is 0 Å². The van der Waals surface area contributed by atoms with Gasteiger partial charge >= 0.3 is 0 Å². The summed E-state index contributed by atoms with van der Waals surface area (Å²) in [6.07, 6.45) is 0. The lowest BCUT2D eigenvalue weighted by Crippen LogP contribution is -2.42. The second kappa shape index (κ2) is 6.68. The first-order valence-corrected chi connectivity index (χ1v) is 5.73. The summed E-state index contributed by atoms with van der Waals surface area (Å²) in [6, 6.07) is 9.53. The molecule has 0 aliphatic heterocycles. The van der Waals surface area contributed by atoms with E-state index in [1.807, 2.05) is 30.3 Å². The van der Waals surface area contributed by atoms with E-state index in [0.717, 1.165) is 5.56 Å². The molecular weight excluding hydrogens is 222 g/mol. The number of carbonyl (C=O) groups excluding carboxylic acids is 1. The molecule has 2 N–H and O–H groups in total. The highest BCUT2D eigenvalue weighted by Crippen LogP contribution is 2.05. The summed E-state index contributed by atoms with van der Waals surface area (Å²) in [5, 5.41) is 11.8. The van der Waals surface area contributed by atoms with E-state index in [2.05, 4.69) is 17.9 Å². The third-order valence-electron chi connectivity index (χ3n) is 2.41. The molecule has 4 heteroatoms. The van der Waals surface area contributed by atoms with Crippen molar-refractivity contribution in [2.45, 2.75) is 24.8 Å². The Morgan fingerprint density at radius 1 is 1.44 bits per heavy atom. The van der Waals surface area contributed by atoms with Crippen LogP contribution in [0.15, 0.2) is 30.3 Å². The monoisotopic (exact) mass is 239 g/mol. The number of carbonyl (C=O) groups is 1. The molecule has 0 saturated heterocycles. The molecule has 1 aromatic carbocycles. The second-order valence-electron chi connectivity index (χ2n) is 3.71. The van der Waals surface area contributed by atoms with E-state index in [9.17, 15) is 4.79 Å². The maximum absolute atomic E-state index is 11.1. The quantitative estimate of drug-likeness (QED) is 0.650. The maximum Gasteiger partial charge on any atom is 0.144 e. The molecule has 0 amide bonds. The molecule has 0 aliphatic carbocycles. The first-order valence-electron chi connectivity index (χ1n) is 5.22. The molecule has 0 heterocycles. The number of aliphatic hydroxyl groups excluding tert-OH is 1. The van der Waals surface area contributed by atoms with E-state index in [-0.39, 0.29) is 18.4 Å². The van der Waals surface area contributed by atoms with Gasteiger partial charge in [-0.15, -0.1) is 0 Å². The lowest BCUT2D eigenvalue weighted by Gasteiger charge is -2.20. The first kappa shape index (κ1) is 13.2. The highest BCUT2D eigenvalue weighted by Gasteiger charge is 2.20. The molecule has 0 radical (unpaired) electrons. The number of ketones is 1. The average molecular weight is 239 g/mol. The number of hydrogen-bond acceptors (Lipinski definition) is 4. The van der Waals surface area contributed by atoms with Crippen LogP contribution in [0.5, 0.6) is 0 Å². The van der Waals surface area contributed by atoms with Gasteiger partial charge in [0.15, 0.2) is 0 Å². The number of Topliss-reactive ketones (excluding diaryl/α,β-unsaturated/α-hetero) is 1. The molecular formula is C12H17NO2S. The number of thiol groups is 1. The van der Waals surface area contributed by atoms with Crippen molar-refractivity contribution < 1.29 is 9.90 Å². The Labute approximate surface area is 101 Å². The van der Waals surface area contributed by atoms with Crippen molar-refractivity contribution in [2.75, 3.05) is 6.61 Å². The van der Waals surface area contributed by atoms with Crippen LogP contribution in [0, 0.1) is 0 Å². The van der Waals surface area contributed by atoms with Crippen LogP contribution in [0.4, 0.5) is 0 Å². The summed E-state index contributed by atoms with van der Waals surface area (Å²) < 4.78 is 0. The van der Waals surface area contributed by atoms with Gasteiger partial charge < -0.3 is 10.4 Å². The zero-order valence-electron chi connectivity index (χ0n) is 9.26. The van der Waals surface area contributed by atoms with E-state index < -0.39 is 5.25 Å². The van der Waals surface area contributed by atoms with Crippen molar-refractivity contribution in [1.29, 1.82) is 0 Å². The summed E-state index contributed by atoms with van der Waals surface area (Å²) in [5.41, 5.74) is 1.12.